The smallest absolute Gasteiger partial charge is 0.144 e. The number of amidine groups is 1. The predicted molar refractivity (Wildman–Crippen MR) is 59.6 cm³/mol. The fourth-order valence-corrected chi connectivity index (χ4v) is 1.26. The van der Waals surface area contributed by atoms with Gasteiger partial charge in [0.25, 0.3) is 0 Å². The maximum Gasteiger partial charge on any atom is 0.144 e. The Labute approximate surface area is 86.8 Å². The minimum atomic E-state index is -0.193. The topological polar surface area (TPSA) is 61.8 Å². The number of nitrogens with zero attached hydrogens (tertiary/aromatic N) is 2. The predicted octanol–water partition coefficient (Wildman–Crippen LogP) is 1.49. The first-order valence-corrected chi connectivity index (χ1v) is 5.03. The second-order valence-electron chi connectivity index (χ2n) is 4.63. The van der Waals surface area contributed by atoms with Gasteiger partial charge in [0.2, 0.25) is 0 Å². The molecule has 0 aromatic carbocycles. The van der Waals surface area contributed by atoms with Crippen LogP contribution in [0, 0.1) is 5.41 Å². The van der Waals surface area contributed by atoms with Crippen molar-refractivity contribution in [1.82, 2.24) is 4.90 Å². The Bertz CT molecular complexity index is 188. The molecule has 0 aliphatic heterocycles. The summed E-state index contributed by atoms with van der Waals surface area (Å²) in [7, 11) is 4.13. The first-order chi connectivity index (χ1) is 6.40. The average molecular weight is 201 g/mol. The van der Waals surface area contributed by atoms with Gasteiger partial charge < -0.3 is 15.8 Å². The number of hydrogen-bond acceptors (Lipinski definition) is 3. The van der Waals surface area contributed by atoms with Gasteiger partial charge in [0.1, 0.15) is 5.84 Å². The highest BCUT2D eigenvalue weighted by Gasteiger charge is 2.22. The minimum Gasteiger partial charge on any atom is -0.409 e. The first-order valence-electron chi connectivity index (χ1n) is 5.03. The summed E-state index contributed by atoms with van der Waals surface area (Å²) in [5, 5.41) is 11.6. The van der Waals surface area contributed by atoms with Crippen molar-refractivity contribution in [3.8, 4) is 0 Å². The van der Waals surface area contributed by atoms with E-state index in [4.69, 9.17) is 10.9 Å². The quantitative estimate of drug-likeness (QED) is 0.225. The molecule has 0 rings (SSSR count). The van der Waals surface area contributed by atoms with Crippen LogP contribution < -0.4 is 5.73 Å². The van der Waals surface area contributed by atoms with Crippen molar-refractivity contribution in [1.29, 1.82) is 0 Å². The van der Waals surface area contributed by atoms with E-state index >= 15 is 0 Å². The third kappa shape index (κ3) is 5.07. The van der Waals surface area contributed by atoms with Gasteiger partial charge in [-0.05, 0) is 33.5 Å². The molecule has 0 aromatic rings. The van der Waals surface area contributed by atoms with Crippen molar-refractivity contribution in [2.75, 3.05) is 20.6 Å². The summed E-state index contributed by atoms with van der Waals surface area (Å²) >= 11 is 0. The zero-order valence-corrected chi connectivity index (χ0v) is 9.75. The van der Waals surface area contributed by atoms with Crippen LogP contribution in [-0.4, -0.2) is 36.6 Å². The van der Waals surface area contributed by atoms with Gasteiger partial charge in [-0.3, -0.25) is 0 Å². The molecule has 0 heterocycles. The van der Waals surface area contributed by atoms with Crippen molar-refractivity contribution in [3.63, 3.8) is 0 Å². The van der Waals surface area contributed by atoms with Crippen LogP contribution >= 0.6 is 0 Å². The van der Waals surface area contributed by atoms with Crippen LogP contribution in [0.3, 0.4) is 0 Å². The largest absolute Gasteiger partial charge is 0.409 e. The second kappa shape index (κ2) is 5.86. The Morgan fingerprint density at radius 3 is 2.36 bits per heavy atom. The summed E-state index contributed by atoms with van der Waals surface area (Å²) in [4.78, 5) is 2.16. The van der Waals surface area contributed by atoms with Gasteiger partial charge in [-0.2, -0.15) is 0 Å². The van der Waals surface area contributed by atoms with Crippen LogP contribution in [-0.2, 0) is 0 Å². The molecule has 84 valence electrons. The lowest BCUT2D eigenvalue weighted by Gasteiger charge is -2.22. The van der Waals surface area contributed by atoms with Gasteiger partial charge in [0.05, 0.1) is 0 Å². The standard InChI is InChI=1S/C10H23N3O/c1-10(2,9(11)12-14)7-5-6-8-13(3)4/h14H,5-8H2,1-4H3,(H2,11,12). The van der Waals surface area contributed by atoms with Crippen molar-refractivity contribution in [3.05, 3.63) is 0 Å². The molecule has 0 amide bonds. The van der Waals surface area contributed by atoms with Crippen molar-refractivity contribution in [2.24, 2.45) is 16.3 Å². The summed E-state index contributed by atoms with van der Waals surface area (Å²) in [5.41, 5.74) is 5.39. The molecular weight excluding hydrogens is 178 g/mol. The number of rotatable bonds is 6. The van der Waals surface area contributed by atoms with Gasteiger partial charge in [0, 0.05) is 5.41 Å². The maximum atomic E-state index is 8.57. The van der Waals surface area contributed by atoms with Gasteiger partial charge in [-0.25, -0.2) is 0 Å². The lowest BCUT2D eigenvalue weighted by atomic mass is 9.86. The van der Waals surface area contributed by atoms with Crippen molar-refractivity contribution >= 4 is 5.84 Å². The molecule has 0 aliphatic carbocycles. The summed E-state index contributed by atoms with van der Waals surface area (Å²) < 4.78 is 0. The fourth-order valence-electron chi connectivity index (χ4n) is 1.26. The van der Waals surface area contributed by atoms with E-state index in [-0.39, 0.29) is 5.41 Å². The Balaban J connectivity index is 3.77. The van der Waals surface area contributed by atoms with Crippen LogP contribution in [0.15, 0.2) is 5.16 Å². The molecule has 0 aromatic heterocycles. The Morgan fingerprint density at radius 1 is 1.36 bits per heavy atom. The Kier molecular flexibility index (Phi) is 5.53. The summed E-state index contributed by atoms with van der Waals surface area (Å²) in [6.07, 6.45) is 3.20. The molecule has 14 heavy (non-hydrogen) atoms. The zero-order valence-electron chi connectivity index (χ0n) is 9.75. The van der Waals surface area contributed by atoms with E-state index < -0.39 is 0 Å². The van der Waals surface area contributed by atoms with Gasteiger partial charge >= 0.3 is 0 Å². The maximum absolute atomic E-state index is 8.57. The highest BCUT2D eigenvalue weighted by molar-refractivity contribution is 5.85. The Hall–Kier alpha value is -0.770. The molecule has 0 spiro atoms. The molecule has 0 unspecified atom stereocenters. The van der Waals surface area contributed by atoms with E-state index in [0.29, 0.717) is 5.84 Å². The van der Waals surface area contributed by atoms with E-state index in [0.717, 1.165) is 25.8 Å². The van der Waals surface area contributed by atoms with Crippen molar-refractivity contribution < 1.29 is 5.21 Å². The lowest BCUT2D eigenvalue weighted by Crippen LogP contribution is -2.32. The summed E-state index contributed by atoms with van der Waals surface area (Å²) in [5.74, 6) is 0.322. The second-order valence-corrected chi connectivity index (χ2v) is 4.63. The molecule has 4 heteroatoms. The lowest BCUT2D eigenvalue weighted by molar-refractivity contribution is 0.302. The third-order valence-corrected chi connectivity index (χ3v) is 2.46. The molecule has 0 atom stereocenters. The summed E-state index contributed by atoms with van der Waals surface area (Å²) in [6, 6.07) is 0. The van der Waals surface area contributed by atoms with Crippen LogP contribution in [0.25, 0.3) is 0 Å². The van der Waals surface area contributed by atoms with Crippen LogP contribution in [0.1, 0.15) is 33.1 Å². The van der Waals surface area contributed by atoms with Crippen LogP contribution in [0.5, 0.6) is 0 Å². The average Bonchev–Trinajstić information content (AvgIpc) is 2.10. The molecule has 3 N–H and O–H groups in total. The molecule has 0 fully saturated rings. The SMILES string of the molecule is CN(C)CCCCC(C)(C)C(N)=NO. The van der Waals surface area contributed by atoms with E-state index in [1.165, 1.54) is 0 Å². The molecule has 0 saturated heterocycles. The highest BCUT2D eigenvalue weighted by Crippen LogP contribution is 2.23. The molecule has 0 aliphatic rings. The molecule has 0 saturated carbocycles. The molecular formula is C10H23N3O. The molecule has 0 radical (unpaired) electrons. The van der Waals surface area contributed by atoms with Gasteiger partial charge in [-0.15, -0.1) is 0 Å². The zero-order chi connectivity index (χ0) is 11.2. The minimum absolute atomic E-state index is 0.193. The normalized spacial score (nSPS) is 13.6. The summed E-state index contributed by atoms with van der Waals surface area (Å²) in [6.45, 7) is 5.08. The first kappa shape index (κ1) is 13.2. The van der Waals surface area contributed by atoms with E-state index in [9.17, 15) is 0 Å². The fraction of sp³-hybridized carbons (Fsp3) is 0.900. The van der Waals surface area contributed by atoms with E-state index in [2.05, 4.69) is 24.2 Å². The molecule has 0 bridgehead atoms. The van der Waals surface area contributed by atoms with E-state index in [1.54, 1.807) is 0 Å². The van der Waals surface area contributed by atoms with Crippen LogP contribution in [0.2, 0.25) is 0 Å². The molecule has 4 nitrogen and oxygen atoms in total. The monoisotopic (exact) mass is 201 g/mol. The van der Waals surface area contributed by atoms with Crippen LogP contribution in [0.4, 0.5) is 0 Å². The van der Waals surface area contributed by atoms with Crippen molar-refractivity contribution in [2.45, 2.75) is 33.1 Å². The van der Waals surface area contributed by atoms with Gasteiger partial charge in [0.15, 0.2) is 0 Å². The number of hydrogen-bond donors (Lipinski definition) is 2. The third-order valence-electron chi connectivity index (χ3n) is 2.46. The highest BCUT2D eigenvalue weighted by atomic mass is 16.4. The van der Waals surface area contributed by atoms with E-state index in [1.807, 2.05) is 13.8 Å². The Morgan fingerprint density at radius 2 is 1.93 bits per heavy atom. The number of oxime groups is 1. The number of nitrogens with two attached hydrogens (primary N) is 1. The number of unbranched alkanes of at least 4 members (excludes halogenated alkanes) is 1. The van der Waals surface area contributed by atoms with Gasteiger partial charge in [-0.1, -0.05) is 25.4 Å².